The number of likely N-dealkylation sites (tertiary alicyclic amines) is 1. The van der Waals surface area contributed by atoms with E-state index in [0.717, 1.165) is 44.5 Å². The van der Waals surface area contributed by atoms with Gasteiger partial charge in [-0.1, -0.05) is 6.42 Å². The van der Waals surface area contributed by atoms with Crippen molar-refractivity contribution in [2.24, 2.45) is 5.92 Å². The predicted octanol–water partition coefficient (Wildman–Crippen LogP) is 1.98. The summed E-state index contributed by atoms with van der Waals surface area (Å²) in [5, 5.41) is 0. The van der Waals surface area contributed by atoms with Crippen molar-refractivity contribution in [2.45, 2.75) is 38.0 Å². The molecule has 4 nitrogen and oxygen atoms in total. The third-order valence-electron chi connectivity index (χ3n) is 4.26. The monoisotopic (exact) mass is 245 g/mol. The molecule has 96 valence electrons. The Morgan fingerprint density at radius 1 is 1.17 bits per heavy atom. The average molecular weight is 245 g/mol. The van der Waals surface area contributed by atoms with Crippen LogP contribution < -0.4 is 0 Å². The zero-order valence-electron chi connectivity index (χ0n) is 10.6. The Morgan fingerprint density at radius 2 is 1.94 bits per heavy atom. The van der Waals surface area contributed by atoms with Crippen molar-refractivity contribution in [3.05, 3.63) is 24.3 Å². The number of rotatable bonds is 2. The topological polar surface area (TPSA) is 46.1 Å². The summed E-state index contributed by atoms with van der Waals surface area (Å²) in [5.41, 5.74) is 1.08. The SMILES string of the molecule is O=C(C1CCC1)N1CCC(c2cnccn2)CC1. The van der Waals surface area contributed by atoms with E-state index >= 15 is 0 Å². The van der Waals surface area contributed by atoms with Crippen molar-refractivity contribution < 1.29 is 4.79 Å². The number of nitrogens with zero attached hydrogens (tertiary/aromatic N) is 3. The van der Waals surface area contributed by atoms with Crippen molar-refractivity contribution >= 4 is 5.91 Å². The summed E-state index contributed by atoms with van der Waals surface area (Å²) < 4.78 is 0. The molecular weight excluding hydrogens is 226 g/mol. The lowest BCUT2D eigenvalue weighted by molar-refractivity contribution is -0.139. The molecule has 0 atom stereocenters. The number of carbonyl (C=O) groups excluding carboxylic acids is 1. The van der Waals surface area contributed by atoms with E-state index in [-0.39, 0.29) is 0 Å². The van der Waals surface area contributed by atoms with Crippen LogP contribution in [0.2, 0.25) is 0 Å². The average Bonchev–Trinajstić information content (AvgIpc) is 2.38. The molecule has 1 aromatic rings. The summed E-state index contributed by atoms with van der Waals surface area (Å²) in [6, 6.07) is 0. The number of carbonyl (C=O) groups is 1. The summed E-state index contributed by atoms with van der Waals surface area (Å²) >= 11 is 0. The van der Waals surface area contributed by atoms with Gasteiger partial charge in [-0.3, -0.25) is 14.8 Å². The molecule has 1 aliphatic carbocycles. The van der Waals surface area contributed by atoms with Crippen molar-refractivity contribution in [1.82, 2.24) is 14.9 Å². The maximum absolute atomic E-state index is 12.1. The Labute approximate surface area is 107 Å². The van der Waals surface area contributed by atoms with E-state index in [4.69, 9.17) is 0 Å². The van der Waals surface area contributed by atoms with E-state index in [1.807, 2.05) is 6.20 Å². The van der Waals surface area contributed by atoms with E-state index in [0.29, 0.717) is 17.7 Å². The van der Waals surface area contributed by atoms with Crippen LogP contribution in [0.15, 0.2) is 18.6 Å². The molecule has 0 aromatic carbocycles. The van der Waals surface area contributed by atoms with Gasteiger partial charge in [-0.15, -0.1) is 0 Å². The van der Waals surface area contributed by atoms with E-state index in [1.165, 1.54) is 6.42 Å². The first-order valence-electron chi connectivity index (χ1n) is 6.89. The Kier molecular flexibility index (Phi) is 3.26. The summed E-state index contributed by atoms with van der Waals surface area (Å²) in [5.74, 6) is 1.20. The van der Waals surface area contributed by atoms with Crippen LogP contribution in [0.1, 0.15) is 43.7 Å². The number of hydrogen-bond donors (Lipinski definition) is 0. The van der Waals surface area contributed by atoms with Gasteiger partial charge in [0.1, 0.15) is 0 Å². The molecule has 1 aliphatic heterocycles. The second-order valence-electron chi connectivity index (χ2n) is 5.36. The minimum Gasteiger partial charge on any atom is -0.342 e. The van der Waals surface area contributed by atoms with Crippen LogP contribution in [-0.4, -0.2) is 33.9 Å². The highest BCUT2D eigenvalue weighted by atomic mass is 16.2. The third-order valence-corrected chi connectivity index (χ3v) is 4.26. The Bertz CT molecular complexity index is 408. The first-order chi connectivity index (χ1) is 8.84. The van der Waals surface area contributed by atoms with Gasteiger partial charge in [-0.2, -0.15) is 0 Å². The highest BCUT2D eigenvalue weighted by Gasteiger charge is 2.32. The highest BCUT2D eigenvalue weighted by molar-refractivity contribution is 5.79. The Balaban J connectivity index is 1.56. The molecule has 0 bridgehead atoms. The smallest absolute Gasteiger partial charge is 0.225 e. The number of piperidine rings is 1. The molecule has 0 spiro atoms. The molecule has 0 unspecified atom stereocenters. The van der Waals surface area contributed by atoms with Crippen molar-refractivity contribution in [3.63, 3.8) is 0 Å². The van der Waals surface area contributed by atoms with Gasteiger partial charge >= 0.3 is 0 Å². The van der Waals surface area contributed by atoms with Gasteiger partial charge in [-0.05, 0) is 25.7 Å². The first-order valence-corrected chi connectivity index (χ1v) is 6.89. The largest absolute Gasteiger partial charge is 0.342 e. The summed E-state index contributed by atoms with van der Waals surface area (Å²) in [6.45, 7) is 1.77. The zero-order valence-corrected chi connectivity index (χ0v) is 10.6. The van der Waals surface area contributed by atoms with Crippen LogP contribution in [0.3, 0.4) is 0 Å². The molecule has 2 fully saturated rings. The highest BCUT2D eigenvalue weighted by Crippen LogP contribution is 2.31. The maximum Gasteiger partial charge on any atom is 0.225 e. The second-order valence-corrected chi connectivity index (χ2v) is 5.36. The fourth-order valence-electron chi connectivity index (χ4n) is 2.83. The van der Waals surface area contributed by atoms with Crippen LogP contribution in [0, 0.1) is 5.92 Å². The van der Waals surface area contributed by atoms with Crippen molar-refractivity contribution in [1.29, 1.82) is 0 Å². The molecule has 18 heavy (non-hydrogen) atoms. The summed E-state index contributed by atoms with van der Waals surface area (Å²) in [6.07, 6.45) is 10.8. The van der Waals surface area contributed by atoms with Gasteiger partial charge in [0.05, 0.1) is 5.69 Å². The molecule has 3 rings (SSSR count). The molecule has 2 aliphatic rings. The molecule has 0 N–H and O–H groups in total. The van der Waals surface area contributed by atoms with Crippen LogP contribution >= 0.6 is 0 Å². The second kappa shape index (κ2) is 5.04. The molecule has 4 heteroatoms. The van der Waals surface area contributed by atoms with E-state index in [9.17, 15) is 4.79 Å². The van der Waals surface area contributed by atoms with Gasteiger partial charge in [-0.25, -0.2) is 0 Å². The predicted molar refractivity (Wildman–Crippen MR) is 67.9 cm³/mol. The summed E-state index contributed by atoms with van der Waals surface area (Å²) in [4.78, 5) is 22.7. The standard InChI is InChI=1S/C14H19N3O/c18-14(12-2-1-3-12)17-8-4-11(5-9-17)13-10-15-6-7-16-13/h6-7,10-12H,1-5,8-9H2. The van der Waals surface area contributed by atoms with Crippen molar-refractivity contribution in [2.75, 3.05) is 13.1 Å². The number of hydrogen-bond acceptors (Lipinski definition) is 3. The Hall–Kier alpha value is -1.45. The zero-order chi connectivity index (χ0) is 12.4. The van der Waals surface area contributed by atoms with Crippen LogP contribution in [0.4, 0.5) is 0 Å². The number of amides is 1. The van der Waals surface area contributed by atoms with Gasteiger partial charge in [0, 0.05) is 43.5 Å². The maximum atomic E-state index is 12.1. The normalized spacial score (nSPS) is 21.7. The first kappa shape index (κ1) is 11.6. The van der Waals surface area contributed by atoms with Crippen LogP contribution in [0.5, 0.6) is 0 Å². The van der Waals surface area contributed by atoms with Gasteiger partial charge < -0.3 is 4.90 Å². The van der Waals surface area contributed by atoms with E-state index < -0.39 is 0 Å². The minimum atomic E-state index is 0.332. The lowest BCUT2D eigenvalue weighted by Crippen LogP contribution is -2.43. The lowest BCUT2D eigenvalue weighted by atomic mass is 9.83. The van der Waals surface area contributed by atoms with Gasteiger partial charge in [0.15, 0.2) is 0 Å². The lowest BCUT2D eigenvalue weighted by Gasteiger charge is -2.36. The molecule has 2 heterocycles. The Morgan fingerprint density at radius 3 is 2.50 bits per heavy atom. The molecular formula is C14H19N3O. The van der Waals surface area contributed by atoms with Crippen molar-refractivity contribution in [3.8, 4) is 0 Å². The number of aromatic nitrogens is 2. The van der Waals surface area contributed by atoms with Gasteiger partial charge in [0.2, 0.25) is 5.91 Å². The van der Waals surface area contributed by atoms with Crippen LogP contribution in [0.25, 0.3) is 0 Å². The third kappa shape index (κ3) is 2.24. The fourth-order valence-corrected chi connectivity index (χ4v) is 2.83. The van der Waals surface area contributed by atoms with Crippen LogP contribution in [-0.2, 0) is 4.79 Å². The fraction of sp³-hybridized carbons (Fsp3) is 0.643. The minimum absolute atomic E-state index is 0.332. The molecule has 1 amide bonds. The molecule has 1 aromatic heterocycles. The molecule has 1 saturated heterocycles. The quantitative estimate of drug-likeness (QED) is 0.800. The van der Waals surface area contributed by atoms with E-state index in [2.05, 4.69) is 14.9 Å². The molecule has 1 saturated carbocycles. The van der Waals surface area contributed by atoms with Gasteiger partial charge in [0.25, 0.3) is 0 Å². The molecule has 0 radical (unpaired) electrons. The van der Waals surface area contributed by atoms with E-state index in [1.54, 1.807) is 12.4 Å². The summed E-state index contributed by atoms with van der Waals surface area (Å²) in [7, 11) is 0.